The number of nitrogen functional groups attached to an aromatic ring is 1. The molecule has 4 unspecified atom stereocenters. The molecule has 144 valence electrons. The van der Waals surface area contributed by atoms with Crippen molar-refractivity contribution in [2.45, 2.75) is 24.9 Å². The van der Waals surface area contributed by atoms with Crippen LogP contribution in [0.2, 0.25) is 0 Å². The molecule has 6 N–H and O–H groups in total. The predicted molar refractivity (Wildman–Crippen MR) is 85.4 cm³/mol. The van der Waals surface area contributed by atoms with Crippen LogP contribution in [0.15, 0.2) is 18.6 Å². The lowest BCUT2D eigenvalue weighted by atomic mass is 10.2. The van der Waals surface area contributed by atoms with E-state index in [1.54, 1.807) is 16.8 Å². The Kier molecular flexibility index (Phi) is 5.19. The third-order valence-corrected chi connectivity index (χ3v) is 5.82. The van der Waals surface area contributed by atoms with Crippen molar-refractivity contribution in [1.82, 2.24) is 14.5 Å². The molecule has 0 spiro atoms. The quantitative estimate of drug-likeness (QED) is 0.396. The minimum Gasteiger partial charge on any atom is -0.390 e. The molecule has 1 aliphatic heterocycles. The fourth-order valence-corrected chi connectivity index (χ4v) is 4.18. The molecule has 2 aromatic heterocycles. The van der Waals surface area contributed by atoms with Gasteiger partial charge in [0.15, 0.2) is 0 Å². The van der Waals surface area contributed by atoms with E-state index in [0.717, 1.165) is 0 Å². The average molecular weight is 410 g/mol. The summed E-state index contributed by atoms with van der Waals surface area (Å²) in [6, 6.07) is 1.68. The van der Waals surface area contributed by atoms with E-state index in [2.05, 4.69) is 18.8 Å². The van der Waals surface area contributed by atoms with Gasteiger partial charge < -0.3 is 34.8 Å². The van der Waals surface area contributed by atoms with Gasteiger partial charge in [-0.3, -0.25) is 4.52 Å². The van der Waals surface area contributed by atoms with Crippen molar-refractivity contribution in [1.29, 1.82) is 0 Å². The van der Waals surface area contributed by atoms with Crippen molar-refractivity contribution in [3.63, 3.8) is 0 Å². The van der Waals surface area contributed by atoms with Crippen molar-refractivity contribution in [2.75, 3.05) is 12.3 Å². The zero-order valence-electron chi connectivity index (χ0n) is 13.0. The molecule has 1 saturated heterocycles. The molecule has 3 heterocycles. The number of hydrogen-bond acceptors (Lipinski definition) is 9. The van der Waals surface area contributed by atoms with E-state index in [-0.39, 0.29) is 12.2 Å². The fraction of sp³-hybridized carbons (Fsp3) is 0.455. The van der Waals surface area contributed by atoms with Crippen LogP contribution in [-0.2, 0) is 22.7 Å². The maximum atomic E-state index is 11.5. The Labute approximate surface area is 146 Å². The minimum absolute atomic E-state index is 0.122. The van der Waals surface area contributed by atoms with Crippen molar-refractivity contribution in [2.24, 2.45) is 0 Å². The summed E-state index contributed by atoms with van der Waals surface area (Å²) >= 11 is 0. The summed E-state index contributed by atoms with van der Waals surface area (Å²) in [5.41, 5.74) is 6.24. The topological polar surface area (TPSA) is 199 Å². The average Bonchev–Trinajstić information content (AvgIpc) is 3.07. The maximum absolute atomic E-state index is 11.5. The van der Waals surface area contributed by atoms with Crippen LogP contribution < -0.4 is 5.73 Å². The third kappa shape index (κ3) is 4.29. The number of ether oxygens (including phenoxy) is 1. The van der Waals surface area contributed by atoms with Gasteiger partial charge in [0.1, 0.15) is 30.1 Å². The molecule has 1 fully saturated rings. The Balaban J connectivity index is 1.69. The van der Waals surface area contributed by atoms with Crippen LogP contribution in [0.4, 0.5) is 5.82 Å². The molecule has 13 nitrogen and oxygen atoms in total. The minimum atomic E-state index is -5.22. The number of nitrogens with two attached hydrogens (primary N) is 1. The van der Waals surface area contributed by atoms with Crippen LogP contribution >= 0.6 is 15.6 Å². The Hall–Kier alpha value is -1.40. The van der Waals surface area contributed by atoms with Gasteiger partial charge in [0.2, 0.25) is 0 Å². The summed E-state index contributed by atoms with van der Waals surface area (Å²) < 4.78 is 37.5. The second-order valence-corrected chi connectivity index (χ2v) is 8.32. The molecule has 0 aliphatic carbocycles. The number of anilines is 1. The first-order valence-electron chi connectivity index (χ1n) is 7.20. The van der Waals surface area contributed by atoms with Gasteiger partial charge in [-0.15, -0.1) is 0 Å². The summed E-state index contributed by atoms with van der Waals surface area (Å²) in [5.74, 6) is 0.281. The highest BCUT2D eigenvalue weighted by atomic mass is 31.3. The molecule has 0 saturated carbocycles. The summed E-state index contributed by atoms with van der Waals surface area (Å²) in [6.07, 6.45) is 0.290. The molecule has 0 bridgehead atoms. The highest BCUT2D eigenvalue weighted by molar-refractivity contribution is 7.60. The normalized spacial score (nSPS) is 26.2. The van der Waals surface area contributed by atoms with Crippen LogP contribution in [0.25, 0.3) is 11.0 Å². The number of rotatable bonds is 6. The van der Waals surface area contributed by atoms with Gasteiger partial charge in [-0.1, -0.05) is 0 Å². The molecule has 3 rings (SSSR count). The lowest BCUT2D eigenvalue weighted by Crippen LogP contribution is -2.26. The lowest BCUT2D eigenvalue weighted by Gasteiger charge is -2.18. The van der Waals surface area contributed by atoms with Gasteiger partial charge in [-0.25, -0.2) is 19.1 Å². The smallest absolute Gasteiger partial charge is 0.390 e. The molecule has 0 radical (unpaired) electrons. The van der Waals surface area contributed by atoms with Crippen LogP contribution in [0.1, 0.15) is 12.6 Å². The van der Waals surface area contributed by atoms with Crippen LogP contribution in [0, 0.1) is 0 Å². The largest absolute Gasteiger partial charge is 0.481 e. The predicted octanol–water partition coefficient (Wildman–Crippen LogP) is -0.112. The number of aromatic nitrogens is 3. The van der Waals surface area contributed by atoms with E-state index in [0.29, 0.717) is 11.0 Å². The molecule has 0 amide bonds. The lowest BCUT2D eigenvalue weighted by molar-refractivity contribution is -0.0421. The summed E-state index contributed by atoms with van der Waals surface area (Å²) in [4.78, 5) is 34.4. The molecule has 26 heavy (non-hydrogen) atoms. The second kappa shape index (κ2) is 6.97. The molecule has 0 aromatic carbocycles. The van der Waals surface area contributed by atoms with E-state index in [1.165, 1.54) is 6.33 Å². The molecule has 1 aliphatic rings. The highest BCUT2D eigenvalue weighted by Crippen LogP contribution is 2.57. The number of aliphatic hydroxyl groups excluding tert-OH is 1. The standard InChI is InChI=1S/C11H16N4O9P2/c12-10-6-1-2-15(11(6)14-5-13-10)9-3-7(16)8(23-9)4-22-26(20,21)24-25(17,18)19/h1-2,5,7-9,16H,3-4H2,(H,20,21)(H2,12,13,14)(H2,17,18,19). The molecule has 2 aromatic rings. The number of hydrogen-bond donors (Lipinski definition) is 5. The highest BCUT2D eigenvalue weighted by Gasteiger charge is 2.39. The zero-order chi connectivity index (χ0) is 19.1. The van der Waals surface area contributed by atoms with Crippen LogP contribution in [-0.4, -0.2) is 53.1 Å². The molecule has 15 heteroatoms. The number of nitrogens with zero attached hydrogens (tertiary/aromatic N) is 3. The molecular formula is C11H16N4O9P2. The van der Waals surface area contributed by atoms with E-state index in [9.17, 15) is 19.1 Å². The fourth-order valence-electron chi connectivity index (χ4n) is 2.58. The first-order chi connectivity index (χ1) is 12.1. The van der Waals surface area contributed by atoms with Gasteiger partial charge in [0.25, 0.3) is 0 Å². The van der Waals surface area contributed by atoms with Gasteiger partial charge in [0.05, 0.1) is 18.1 Å². The maximum Gasteiger partial charge on any atom is 0.481 e. The van der Waals surface area contributed by atoms with Crippen molar-refractivity contribution in [3.05, 3.63) is 18.6 Å². The summed E-state index contributed by atoms with van der Waals surface area (Å²) in [6.45, 7) is -0.623. The Bertz CT molecular complexity index is 899. The third-order valence-electron chi connectivity index (χ3n) is 3.67. The molecular weight excluding hydrogens is 394 g/mol. The van der Waals surface area contributed by atoms with E-state index >= 15 is 0 Å². The monoisotopic (exact) mass is 410 g/mol. The number of fused-ring (bicyclic) bond motifs is 1. The Morgan fingerprint density at radius 2 is 2.08 bits per heavy atom. The zero-order valence-corrected chi connectivity index (χ0v) is 14.8. The summed E-state index contributed by atoms with van der Waals surface area (Å²) in [5, 5.41) is 10.7. The van der Waals surface area contributed by atoms with E-state index in [4.69, 9.17) is 20.3 Å². The van der Waals surface area contributed by atoms with Crippen LogP contribution in [0.5, 0.6) is 0 Å². The summed E-state index contributed by atoms with van der Waals surface area (Å²) in [7, 11) is -10.2. The Morgan fingerprint density at radius 1 is 1.35 bits per heavy atom. The molecule has 4 atom stereocenters. The number of phosphoric ester groups is 1. The van der Waals surface area contributed by atoms with Gasteiger partial charge in [0, 0.05) is 12.6 Å². The second-order valence-electron chi connectivity index (χ2n) is 5.49. The van der Waals surface area contributed by atoms with E-state index < -0.39 is 40.7 Å². The SMILES string of the molecule is Nc1ncnc2c1ccn2C1CC(O)C(COP(=O)(O)OP(=O)(O)O)O1. The van der Waals surface area contributed by atoms with E-state index in [1.807, 2.05) is 0 Å². The van der Waals surface area contributed by atoms with Crippen LogP contribution in [0.3, 0.4) is 0 Å². The number of aliphatic hydroxyl groups is 1. The van der Waals surface area contributed by atoms with Gasteiger partial charge >= 0.3 is 15.6 Å². The first-order valence-corrected chi connectivity index (χ1v) is 10.2. The number of phosphoric acid groups is 2. The van der Waals surface area contributed by atoms with Gasteiger partial charge in [-0.05, 0) is 6.07 Å². The Morgan fingerprint density at radius 3 is 2.77 bits per heavy atom. The first kappa shape index (κ1) is 19.4. The van der Waals surface area contributed by atoms with Crippen molar-refractivity contribution in [3.8, 4) is 0 Å². The van der Waals surface area contributed by atoms with Crippen molar-refractivity contribution < 1.29 is 42.5 Å². The van der Waals surface area contributed by atoms with Crippen molar-refractivity contribution >= 4 is 32.5 Å². The van der Waals surface area contributed by atoms with Gasteiger partial charge in [-0.2, -0.15) is 4.31 Å².